The number of ether oxygens (including phenoxy) is 1. The summed E-state index contributed by atoms with van der Waals surface area (Å²) in [6.45, 7) is 2.29. The minimum absolute atomic E-state index is 0.154. The number of nitrogens with zero attached hydrogens (tertiary/aromatic N) is 1. The Bertz CT molecular complexity index is 1000. The number of hydrogen-bond acceptors (Lipinski definition) is 2. The maximum Gasteiger partial charge on any atom is 0.322 e. The van der Waals surface area contributed by atoms with E-state index in [0.29, 0.717) is 6.54 Å². The molecule has 0 aromatic heterocycles. The molecule has 4 nitrogen and oxygen atoms in total. The molecule has 0 aliphatic heterocycles. The molecule has 0 radical (unpaired) electrons. The van der Waals surface area contributed by atoms with Crippen molar-refractivity contribution in [2.45, 2.75) is 13.0 Å². The van der Waals surface area contributed by atoms with Gasteiger partial charge in [0.05, 0.1) is 18.8 Å². The molecule has 1 atom stereocenters. The maximum absolute atomic E-state index is 14.0. The van der Waals surface area contributed by atoms with Crippen LogP contribution in [0.15, 0.2) is 84.9 Å². The quantitative estimate of drug-likeness (QED) is 0.514. The number of amides is 2. The third-order valence-corrected chi connectivity index (χ3v) is 4.86. The highest BCUT2D eigenvalue weighted by atomic mass is 19.1. The van der Waals surface area contributed by atoms with E-state index in [1.54, 1.807) is 30.2 Å². The van der Waals surface area contributed by atoms with Crippen molar-refractivity contribution in [3.05, 3.63) is 102 Å². The number of para-hydroxylation sites is 2. The molecule has 0 bridgehead atoms. The number of nitrogens with one attached hydrogen (secondary N) is 1. The predicted octanol–water partition coefficient (Wildman–Crippen LogP) is 6.14. The highest BCUT2D eigenvalue weighted by molar-refractivity contribution is 5.90. The van der Waals surface area contributed by atoms with Crippen LogP contribution in [0.25, 0.3) is 6.08 Å². The highest BCUT2D eigenvalue weighted by Crippen LogP contribution is 2.23. The second kappa shape index (κ2) is 10.3. The van der Waals surface area contributed by atoms with E-state index in [2.05, 4.69) is 5.32 Å². The van der Waals surface area contributed by atoms with Crippen LogP contribution in [0.4, 0.5) is 14.9 Å². The highest BCUT2D eigenvalue weighted by Gasteiger charge is 2.21. The van der Waals surface area contributed by atoms with Crippen LogP contribution in [0.3, 0.4) is 0 Å². The molecule has 5 heteroatoms. The van der Waals surface area contributed by atoms with Crippen molar-refractivity contribution in [2.24, 2.45) is 0 Å². The molecule has 30 heavy (non-hydrogen) atoms. The molecule has 0 spiro atoms. The first-order chi connectivity index (χ1) is 14.6. The molecule has 0 saturated heterocycles. The average molecular weight is 404 g/mol. The summed E-state index contributed by atoms with van der Waals surface area (Å²) in [5.41, 5.74) is 2.06. The third-order valence-electron chi connectivity index (χ3n) is 4.86. The van der Waals surface area contributed by atoms with Gasteiger partial charge in [-0.3, -0.25) is 0 Å². The molecule has 3 aromatic carbocycles. The summed E-state index contributed by atoms with van der Waals surface area (Å²) in [7, 11) is 1.62. The van der Waals surface area contributed by atoms with Gasteiger partial charge in [-0.25, -0.2) is 9.18 Å². The van der Waals surface area contributed by atoms with Crippen LogP contribution < -0.4 is 10.1 Å². The fourth-order valence-electron chi connectivity index (χ4n) is 3.18. The Kier molecular flexibility index (Phi) is 7.22. The molecule has 0 fully saturated rings. The Hall–Kier alpha value is -3.60. The smallest absolute Gasteiger partial charge is 0.322 e. The lowest BCUT2D eigenvalue weighted by Crippen LogP contribution is -2.37. The van der Waals surface area contributed by atoms with Crippen molar-refractivity contribution in [3.63, 3.8) is 0 Å². The molecule has 0 aliphatic carbocycles. The van der Waals surface area contributed by atoms with Crippen LogP contribution in [0.1, 0.15) is 24.1 Å². The van der Waals surface area contributed by atoms with Gasteiger partial charge in [-0.2, -0.15) is 0 Å². The van der Waals surface area contributed by atoms with Crippen LogP contribution in [-0.2, 0) is 0 Å². The van der Waals surface area contributed by atoms with Gasteiger partial charge in [-0.1, -0.05) is 72.8 Å². The first-order valence-corrected chi connectivity index (χ1v) is 9.77. The van der Waals surface area contributed by atoms with Crippen LogP contribution in [-0.4, -0.2) is 24.6 Å². The number of methoxy groups -OCH3 is 1. The van der Waals surface area contributed by atoms with Gasteiger partial charge in [0, 0.05) is 12.1 Å². The van der Waals surface area contributed by atoms with Gasteiger partial charge in [-0.05, 0) is 30.7 Å². The monoisotopic (exact) mass is 404 g/mol. The normalized spacial score (nSPS) is 11.8. The van der Waals surface area contributed by atoms with E-state index in [1.807, 2.05) is 73.7 Å². The van der Waals surface area contributed by atoms with Crippen molar-refractivity contribution in [1.82, 2.24) is 4.90 Å². The van der Waals surface area contributed by atoms with Crippen LogP contribution >= 0.6 is 0 Å². The van der Waals surface area contributed by atoms with Crippen molar-refractivity contribution >= 4 is 17.8 Å². The maximum atomic E-state index is 14.0. The number of hydrogen-bond donors (Lipinski definition) is 1. The molecule has 3 aromatic rings. The topological polar surface area (TPSA) is 41.6 Å². The Morgan fingerprint density at radius 3 is 2.43 bits per heavy atom. The predicted molar refractivity (Wildman–Crippen MR) is 119 cm³/mol. The van der Waals surface area contributed by atoms with E-state index < -0.39 is 5.82 Å². The number of anilines is 1. The molecule has 0 aliphatic rings. The first-order valence-electron chi connectivity index (χ1n) is 9.77. The van der Waals surface area contributed by atoms with E-state index in [-0.39, 0.29) is 17.8 Å². The summed E-state index contributed by atoms with van der Waals surface area (Å²) < 4.78 is 19.4. The molecular weight excluding hydrogens is 379 g/mol. The standard InChI is InChI=1S/C25H25FN2O2/c1-19(20-11-4-3-5-12-20)28(25(29)27-23-16-8-7-15-22(23)26)18-10-14-21-13-6-9-17-24(21)30-2/h3-17,19H,18H2,1-2H3,(H,27,29)/b14-10+. The van der Waals surface area contributed by atoms with Crippen LogP contribution in [0.2, 0.25) is 0 Å². The largest absolute Gasteiger partial charge is 0.496 e. The summed E-state index contributed by atoms with van der Waals surface area (Å²) in [6.07, 6.45) is 3.82. The second-order valence-electron chi connectivity index (χ2n) is 6.79. The Morgan fingerprint density at radius 2 is 1.70 bits per heavy atom. The van der Waals surface area contributed by atoms with Gasteiger partial charge >= 0.3 is 6.03 Å². The van der Waals surface area contributed by atoms with E-state index in [9.17, 15) is 9.18 Å². The number of carbonyl (C=O) groups is 1. The molecule has 0 saturated carbocycles. The zero-order valence-electron chi connectivity index (χ0n) is 17.1. The van der Waals surface area contributed by atoms with Gasteiger partial charge in [0.1, 0.15) is 11.6 Å². The Balaban J connectivity index is 1.82. The van der Waals surface area contributed by atoms with Crippen molar-refractivity contribution in [3.8, 4) is 5.75 Å². The molecular formula is C25H25FN2O2. The molecule has 2 amide bonds. The number of carbonyl (C=O) groups excluding carboxylic acids is 1. The zero-order valence-corrected chi connectivity index (χ0v) is 17.1. The Morgan fingerprint density at radius 1 is 1.03 bits per heavy atom. The second-order valence-corrected chi connectivity index (χ2v) is 6.79. The summed E-state index contributed by atoms with van der Waals surface area (Å²) in [6, 6.07) is 23.0. The number of halogens is 1. The third kappa shape index (κ3) is 5.26. The zero-order chi connectivity index (χ0) is 21.3. The molecule has 3 rings (SSSR count). The van der Waals surface area contributed by atoms with E-state index >= 15 is 0 Å². The molecule has 1 unspecified atom stereocenters. The fourth-order valence-corrected chi connectivity index (χ4v) is 3.18. The summed E-state index contributed by atoms with van der Waals surface area (Å²) in [5, 5.41) is 2.69. The van der Waals surface area contributed by atoms with E-state index in [4.69, 9.17) is 4.74 Å². The van der Waals surface area contributed by atoms with E-state index in [0.717, 1.165) is 16.9 Å². The summed E-state index contributed by atoms with van der Waals surface area (Å²) >= 11 is 0. The SMILES string of the molecule is COc1ccccc1/C=C/CN(C(=O)Nc1ccccc1F)C(C)c1ccccc1. The molecule has 0 heterocycles. The van der Waals surface area contributed by atoms with Gasteiger partial charge < -0.3 is 15.0 Å². The lowest BCUT2D eigenvalue weighted by atomic mass is 10.1. The van der Waals surface area contributed by atoms with Gasteiger partial charge in [0.25, 0.3) is 0 Å². The minimum atomic E-state index is -0.470. The average Bonchev–Trinajstić information content (AvgIpc) is 2.78. The number of rotatable bonds is 7. The summed E-state index contributed by atoms with van der Waals surface area (Å²) in [4.78, 5) is 14.7. The lowest BCUT2D eigenvalue weighted by Gasteiger charge is -2.29. The molecule has 154 valence electrons. The molecule has 1 N–H and O–H groups in total. The lowest BCUT2D eigenvalue weighted by molar-refractivity contribution is 0.200. The van der Waals surface area contributed by atoms with Crippen molar-refractivity contribution in [1.29, 1.82) is 0 Å². The first kappa shape index (κ1) is 21.1. The van der Waals surface area contributed by atoms with Crippen molar-refractivity contribution in [2.75, 3.05) is 19.0 Å². The Labute approximate surface area is 176 Å². The number of benzene rings is 3. The van der Waals surface area contributed by atoms with Gasteiger partial charge in [-0.15, -0.1) is 0 Å². The van der Waals surface area contributed by atoms with Crippen LogP contribution in [0.5, 0.6) is 5.75 Å². The summed E-state index contributed by atoms with van der Waals surface area (Å²) in [5.74, 6) is 0.287. The number of urea groups is 1. The van der Waals surface area contributed by atoms with Crippen molar-refractivity contribution < 1.29 is 13.9 Å². The van der Waals surface area contributed by atoms with Gasteiger partial charge in [0.2, 0.25) is 0 Å². The minimum Gasteiger partial charge on any atom is -0.496 e. The fraction of sp³-hybridized carbons (Fsp3) is 0.160. The van der Waals surface area contributed by atoms with E-state index in [1.165, 1.54) is 6.07 Å². The van der Waals surface area contributed by atoms with Gasteiger partial charge in [0.15, 0.2) is 0 Å². The van der Waals surface area contributed by atoms with Crippen LogP contribution in [0, 0.1) is 5.82 Å².